The number of anilines is 1. The van der Waals surface area contributed by atoms with Gasteiger partial charge in [0.15, 0.2) is 34.5 Å². The van der Waals surface area contributed by atoms with Crippen molar-refractivity contribution >= 4 is 16.9 Å². The number of aromatic amines is 1. The molecule has 5 heterocycles. The van der Waals surface area contributed by atoms with Gasteiger partial charge in [0, 0.05) is 48.2 Å². The second-order valence-corrected chi connectivity index (χ2v) is 10.4. The maximum atomic E-state index is 15.1. The van der Waals surface area contributed by atoms with Gasteiger partial charge in [-0.05, 0) is 38.1 Å². The van der Waals surface area contributed by atoms with Crippen LogP contribution < -0.4 is 15.7 Å². The number of aromatic nitrogens is 6. The standard InChI is InChI=1S/C28H22F7N7O3/c1-13(2)41-23-19(7-8-36-25(23)40-26(41)43)44-18-5-4-15(9-17(18)29)39-22-10-20(45-22)16-12-38-42(24(16)28(33,34)35)21-6-3-14(11-37-21)27(30,31)32/h3-9,11-13,20,22,39H,10H2,1-2H3,(H,36,40,43). The van der Waals surface area contributed by atoms with Gasteiger partial charge in [0.1, 0.15) is 11.7 Å². The summed E-state index contributed by atoms with van der Waals surface area (Å²) in [4.78, 5) is 22.6. The number of nitrogens with one attached hydrogen (secondary N) is 2. The van der Waals surface area contributed by atoms with Gasteiger partial charge in [-0.1, -0.05) is 0 Å². The Balaban J connectivity index is 1.16. The molecule has 236 valence electrons. The normalized spacial score (nSPS) is 17.1. The van der Waals surface area contributed by atoms with Gasteiger partial charge in [0.25, 0.3) is 0 Å². The Bertz CT molecular complexity index is 1920. The molecule has 0 radical (unpaired) electrons. The fourth-order valence-electron chi connectivity index (χ4n) is 4.98. The number of fused-ring (bicyclic) bond motifs is 1. The van der Waals surface area contributed by atoms with Gasteiger partial charge in [0.05, 0.1) is 17.9 Å². The molecule has 1 saturated heterocycles. The summed E-state index contributed by atoms with van der Waals surface area (Å²) in [7, 11) is 0. The van der Waals surface area contributed by atoms with Gasteiger partial charge in [-0.3, -0.25) is 9.55 Å². The number of H-pyrrole nitrogens is 1. The Hall–Kier alpha value is -4.93. The van der Waals surface area contributed by atoms with Crippen LogP contribution in [0.4, 0.5) is 36.4 Å². The molecule has 4 aromatic heterocycles. The number of hydrogen-bond donors (Lipinski definition) is 2. The highest BCUT2D eigenvalue weighted by Crippen LogP contribution is 2.43. The first-order valence-electron chi connectivity index (χ1n) is 13.4. The van der Waals surface area contributed by atoms with Crippen LogP contribution in [0, 0.1) is 5.82 Å². The molecule has 1 aliphatic heterocycles. The van der Waals surface area contributed by atoms with Crippen molar-refractivity contribution in [3.8, 4) is 17.3 Å². The monoisotopic (exact) mass is 637 g/mol. The lowest BCUT2D eigenvalue weighted by Gasteiger charge is -2.37. The van der Waals surface area contributed by atoms with Gasteiger partial charge in [0.2, 0.25) is 0 Å². The van der Waals surface area contributed by atoms with Crippen LogP contribution in [0.2, 0.25) is 0 Å². The first-order chi connectivity index (χ1) is 21.2. The van der Waals surface area contributed by atoms with E-state index < -0.39 is 53.3 Å². The van der Waals surface area contributed by atoms with Crippen molar-refractivity contribution in [2.45, 2.75) is 51.0 Å². The van der Waals surface area contributed by atoms with Crippen molar-refractivity contribution in [3.63, 3.8) is 0 Å². The third-order valence-electron chi connectivity index (χ3n) is 7.03. The average molecular weight is 638 g/mol. The van der Waals surface area contributed by atoms with Crippen LogP contribution >= 0.6 is 0 Å². The summed E-state index contributed by atoms with van der Waals surface area (Å²) in [5, 5.41) is 6.59. The molecule has 1 aliphatic rings. The van der Waals surface area contributed by atoms with Crippen molar-refractivity contribution in [1.29, 1.82) is 0 Å². The summed E-state index contributed by atoms with van der Waals surface area (Å²) >= 11 is 0. The molecule has 17 heteroatoms. The quantitative estimate of drug-likeness (QED) is 0.190. The van der Waals surface area contributed by atoms with E-state index in [0.717, 1.165) is 18.3 Å². The zero-order valence-electron chi connectivity index (χ0n) is 23.2. The van der Waals surface area contributed by atoms with E-state index in [9.17, 15) is 31.1 Å². The molecule has 0 aliphatic carbocycles. The van der Waals surface area contributed by atoms with Crippen LogP contribution in [0.3, 0.4) is 0 Å². The highest BCUT2D eigenvalue weighted by atomic mass is 19.4. The van der Waals surface area contributed by atoms with Crippen molar-refractivity contribution in [2.75, 3.05) is 5.32 Å². The predicted octanol–water partition coefficient (Wildman–Crippen LogP) is 6.75. The molecule has 10 nitrogen and oxygen atoms in total. The number of hydrogen-bond acceptors (Lipinski definition) is 7. The lowest BCUT2D eigenvalue weighted by molar-refractivity contribution is -0.151. The minimum absolute atomic E-state index is 0.0459. The minimum Gasteiger partial charge on any atom is -0.452 e. The van der Waals surface area contributed by atoms with Crippen molar-refractivity contribution in [2.24, 2.45) is 0 Å². The molecule has 2 N–H and O–H groups in total. The van der Waals surface area contributed by atoms with Crippen LogP contribution in [-0.2, 0) is 17.1 Å². The number of rotatable bonds is 7. The molecule has 45 heavy (non-hydrogen) atoms. The van der Waals surface area contributed by atoms with E-state index in [1.54, 1.807) is 13.8 Å². The van der Waals surface area contributed by atoms with Gasteiger partial charge < -0.3 is 14.8 Å². The van der Waals surface area contributed by atoms with Crippen molar-refractivity contribution < 1.29 is 40.2 Å². The number of halogens is 7. The molecule has 0 bridgehead atoms. The Morgan fingerprint density at radius 3 is 2.40 bits per heavy atom. The van der Waals surface area contributed by atoms with E-state index >= 15 is 4.39 Å². The van der Waals surface area contributed by atoms with E-state index in [-0.39, 0.29) is 40.9 Å². The molecule has 5 aromatic rings. The average Bonchev–Trinajstić information content (AvgIpc) is 3.53. The summed E-state index contributed by atoms with van der Waals surface area (Å²) in [5.41, 5.74) is -2.18. The largest absolute Gasteiger partial charge is 0.452 e. The molecule has 0 amide bonds. The number of benzene rings is 1. The molecular formula is C28H22F7N7O3. The third-order valence-corrected chi connectivity index (χ3v) is 7.03. The molecule has 1 aromatic carbocycles. The van der Waals surface area contributed by atoms with Crippen LogP contribution in [0.1, 0.15) is 49.2 Å². The number of ether oxygens (including phenoxy) is 2. The van der Waals surface area contributed by atoms with Gasteiger partial charge in [-0.15, -0.1) is 0 Å². The first kappa shape index (κ1) is 30.1. The summed E-state index contributed by atoms with van der Waals surface area (Å²) < 4.78 is 109. The van der Waals surface area contributed by atoms with Crippen LogP contribution in [0.15, 0.2) is 59.8 Å². The van der Waals surface area contributed by atoms with Gasteiger partial charge in [-0.25, -0.2) is 23.8 Å². The molecule has 6 rings (SSSR count). The summed E-state index contributed by atoms with van der Waals surface area (Å²) in [6.45, 7) is 3.60. The zero-order chi connectivity index (χ0) is 32.3. The maximum Gasteiger partial charge on any atom is 0.433 e. The van der Waals surface area contributed by atoms with E-state index in [4.69, 9.17) is 9.47 Å². The number of alkyl halides is 6. The first-order valence-corrected chi connectivity index (χ1v) is 13.4. The summed E-state index contributed by atoms with van der Waals surface area (Å²) in [6.07, 6.45) is -8.67. The summed E-state index contributed by atoms with van der Waals surface area (Å²) in [6, 6.07) is 6.61. The highest BCUT2D eigenvalue weighted by Gasteiger charge is 2.44. The lowest BCUT2D eigenvalue weighted by atomic mass is 10.0. The highest BCUT2D eigenvalue weighted by molar-refractivity contribution is 5.78. The SMILES string of the molecule is CC(C)n1c(=O)[nH]c2nccc(Oc3ccc(NC4CC(c5cnn(-c6ccc(C(F)(F)F)cn6)c5C(F)(F)F)O4)cc3F)c21. The molecule has 0 saturated carbocycles. The van der Waals surface area contributed by atoms with Crippen LogP contribution in [0.25, 0.3) is 17.0 Å². The predicted molar refractivity (Wildman–Crippen MR) is 144 cm³/mol. The van der Waals surface area contributed by atoms with E-state index in [0.29, 0.717) is 22.5 Å². The second kappa shape index (κ2) is 10.9. The Morgan fingerprint density at radius 1 is 1.02 bits per heavy atom. The van der Waals surface area contributed by atoms with Crippen molar-refractivity contribution in [3.05, 3.63) is 88.1 Å². The topological polar surface area (TPSA) is 112 Å². The smallest absolute Gasteiger partial charge is 0.433 e. The van der Waals surface area contributed by atoms with E-state index in [1.165, 1.54) is 29.0 Å². The molecule has 2 atom stereocenters. The van der Waals surface area contributed by atoms with Gasteiger partial charge >= 0.3 is 18.0 Å². The zero-order valence-corrected chi connectivity index (χ0v) is 23.2. The molecular weight excluding hydrogens is 615 g/mol. The molecule has 1 fully saturated rings. The Kier molecular flexibility index (Phi) is 7.29. The van der Waals surface area contributed by atoms with Crippen LogP contribution in [0.5, 0.6) is 11.5 Å². The number of pyridine rings is 2. The van der Waals surface area contributed by atoms with Crippen LogP contribution in [-0.4, -0.2) is 35.5 Å². The minimum atomic E-state index is -4.93. The fraction of sp³-hybridized carbons (Fsp3) is 0.286. The lowest BCUT2D eigenvalue weighted by Crippen LogP contribution is -2.38. The Morgan fingerprint density at radius 2 is 1.78 bits per heavy atom. The van der Waals surface area contributed by atoms with E-state index in [2.05, 4.69) is 25.4 Å². The molecule has 0 spiro atoms. The molecule has 2 unspecified atom stereocenters. The fourth-order valence-corrected chi connectivity index (χ4v) is 4.98. The maximum absolute atomic E-state index is 15.1. The van der Waals surface area contributed by atoms with Gasteiger partial charge in [-0.2, -0.15) is 31.4 Å². The van der Waals surface area contributed by atoms with Crippen molar-refractivity contribution in [1.82, 2.24) is 29.3 Å². The van der Waals surface area contributed by atoms with E-state index in [1.807, 2.05) is 0 Å². The number of imidazole rings is 1. The number of nitrogens with zero attached hydrogens (tertiary/aromatic N) is 5. The summed E-state index contributed by atoms with van der Waals surface area (Å²) in [5.74, 6) is -1.17. The second-order valence-electron chi connectivity index (χ2n) is 10.4. The third kappa shape index (κ3) is 5.70. The Labute approximate surface area is 248 Å².